The minimum absolute atomic E-state index is 0.151. The summed E-state index contributed by atoms with van der Waals surface area (Å²) in [5, 5.41) is 13.8. The first-order chi connectivity index (χ1) is 12.2. The lowest BCUT2D eigenvalue weighted by atomic mass is 10.0. The number of hydrogen-bond donors (Lipinski definition) is 2. The molecule has 0 aliphatic heterocycles. The molecule has 3 rings (SSSR count). The van der Waals surface area contributed by atoms with E-state index in [1.807, 2.05) is 0 Å². The number of nitrogens with one attached hydrogen (secondary N) is 1. The molecule has 2 N–H and O–H groups in total. The molecule has 0 saturated carbocycles. The number of pyridine rings is 1. The number of amides is 1. The van der Waals surface area contributed by atoms with E-state index in [4.69, 9.17) is 11.6 Å². The molecule has 0 aliphatic rings. The van der Waals surface area contributed by atoms with Gasteiger partial charge in [0.1, 0.15) is 11.3 Å². The number of carbonyl (C=O) groups is 1. The molecule has 0 bridgehead atoms. The van der Waals surface area contributed by atoms with Gasteiger partial charge in [-0.15, -0.1) is 22.9 Å². The van der Waals surface area contributed by atoms with Crippen molar-refractivity contribution in [1.29, 1.82) is 0 Å². The molecule has 5 nitrogen and oxygen atoms in total. The number of aromatic nitrogens is 2. The standard InChI is InChI=1S/C16H11ClF3N3O2S/c1-7(17)11-10(14(25)23-15-21-5-6-26-15)13(24)8-3-2-4-9(12(8)22-11)16(18,19)20/h2-7H,1H3,(H,22,24)(H,21,23,25). The summed E-state index contributed by atoms with van der Waals surface area (Å²) in [5.41, 5.74) is -1.92. The molecule has 2 heterocycles. The van der Waals surface area contributed by atoms with Crippen LogP contribution < -0.4 is 5.32 Å². The number of hydrogen-bond acceptors (Lipinski definition) is 5. The van der Waals surface area contributed by atoms with Crippen molar-refractivity contribution in [3.05, 3.63) is 46.6 Å². The van der Waals surface area contributed by atoms with Gasteiger partial charge in [0, 0.05) is 17.0 Å². The quantitative estimate of drug-likeness (QED) is 0.608. The van der Waals surface area contributed by atoms with Crippen LogP contribution in [0.5, 0.6) is 5.75 Å². The maximum atomic E-state index is 13.3. The minimum atomic E-state index is -4.67. The van der Waals surface area contributed by atoms with Gasteiger partial charge >= 0.3 is 6.18 Å². The van der Waals surface area contributed by atoms with Crippen LogP contribution in [0.4, 0.5) is 18.3 Å². The highest BCUT2D eigenvalue weighted by molar-refractivity contribution is 7.13. The number of thiazole rings is 1. The van der Waals surface area contributed by atoms with Gasteiger partial charge in [-0.3, -0.25) is 10.1 Å². The zero-order valence-electron chi connectivity index (χ0n) is 13.1. The summed E-state index contributed by atoms with van der Waals surface area (Å²) in [5.74, 6) is -1.37. The first kappa shape index (κ1) is 18.4. The molecule has 1 aromatic carbocycles. The Labute approximate surface area is 154 Å². The van der Waals surface area contributed by atoms with Crippen molar-refractivity contribution >= 4 is 44.9 Å². The van der Waals surface area contributed by atoms with Crippen LogP contribution in [0.15, 0.2) is 29.8 Å². The number of fused-ring (bicyclic) bond motifs is 1. The maximum absolute atomic E-state index is 13.3. The maximum Gasteiger partial charge on any atom is 0.418 e. The highest BCUT2D eigenvalue weighted by Gasteiger charge is 2.35. The van der Waals surface area contributed by atoms with Gasteiger partial charge in [-0.05, 0) is 19.1 Å². The van der Waals surface area contributed by atoms with Crippen LogP contribution in [0.1, 0.15) is 33.9 Å². The van der Waals surface area contributed by atoms with Gasteiger partial charge in [0.2, 0.25) is 0 Å². The van der Waals surface area contributed by atoms with Crippen molar-refractivity contribution in [2.45, 2.75) is 18.5 Å². The molecule has 0 spiro atoms. The second-order valence-corrected chi connectivity index (χ2v) is 6.88. The molecule has 0 saturated heterocycles. The van der Waals surface area contributed by atoms with Crippen molar-refractivity contribution in [3.63, 3.8) is 0 Å². The van der Waals surface area contributed by atoms with Crippen LogP contribution in [0.2, 0.25) is 0 Å². The Morgan fingerprint density at radius 1 is 1.38 bits per heavy atom. The second-order valence-electron chi connectivity index (χ2n) is 5.33. The fourth-order valence-corrected chi connectivity index (χ4v) is 3.15. The summed E-state index contributed by atoms with van der Waals surface area (Å²) in [6.45, 7) is 1.45. The first-order valence-electron chi connectivity index (χ1n) is 7.28. The molecule has 26 heavy (non-hydrogen) atoms. The number of rotatable bonds is 3. The lowest BCUT2D eigenvalue weighted by molar-refractivity contribution is -0.136. The average Bonchev–Trinajstić information content (AvgIpc) is 3.05. The molecule has 0 aliphatic carbocycles. The number of nitrogens with zero attached hydrogens (tertiary/aromatic N) is 2. The summed E-state index contributed by atoms with van der Waals surface area (Å²) >= 11 is 7.17. The third kappa shape index (κ3) is 3.32. The van der Waals surface area contributed by atoms with E-state index >= 15 is 0 Å². The molecule has 1 atom stereocenters. The summed E-state index contributed by atoms with van der Waals surface area (Å²) in [7, 11) is 0. The lowest BCUT2D eigenvalue weighted by Crippen LogP contribution is -2.17. The highest BCUT2D eigenvalue weighted by Crippen LogP contribution is 2.40. The zero-order chi connectivity index (χ0) is 19.1. The molecular weight excluding hydrogens is 391 g/mol. The average molecular weight is 402 g/mol. The van der Waals surface area contributed by atoms with Crippen LogP contribution in [0.25, 0.3) is 10.9 Å². The SMILES string of the molecule is CC(Cl)c1nc2c(C(F)(F)F)cccc2c(O)c1C(=O)Nc1nccs1. The van der Waals surface area contributed by atoms with E-state index in [1.165, 1.54) is 19.2 Å². The van der Waals surface area contributed by atoms with Gasteiger partial charge in [0.25, 0.3) is 5.91 Å². The predicted molar refractivity (Wildman–Crippen MR) is 92.7 cm³/mol. The van der Waals surface area contributed by atoms with E-state index in [-0.39, 0.29) is 21.8 Å². The van der Waals surface area contributed by atoms with Crippen molar-refractivity contribution in [2.75, 3.05) is 5.32 Å². The number of aromatic hydroxyl groups is 1. The number of alkyl halides is 4. The van der Waals surface area contributed by atoms with Crippen LogP contribution >= 0.6 is 22.9 Å². The van der Waals surface area contributed by atoms with Crippen molar-refractivity contribution in [1.82, 2.24) is 9.97 Å². The van der Waals surface area contributed by atoms with E-state index in [1.54, 1.807) is 5.38 Å². The Bertz CT molecular complexity index is 975. The number of para-hydroxylation sites is 1. The topological polar surface area (TPSA) is 75.1 Å². The van der Waals surface area contributed by atoms with Crippen molar-refractivity contribution in [3.8, 4) is 5.75 Å². The fourth-order valence-electron chi connectivity index (χ4n) is 2.47. The van der Waals surface area contributed by atoms with Crippen LogP contribution in [-0.4, -0.2) is 21.0 Å². The number of carbonyl (C=O) groups excluding carboxylic acids is 1. The number of halogens is 4. The number of anilines is 1. The summed E-state index contributed by atoms with van der Waals surface area (Å²) in [6, 6.07) is 3.25. The van der Waals surface area contributed by atoms with E-state index in [2.05, 4.69) is 15.3 Å². The van der Waals surface area contributed by atoms with Gasteiger partial charge < -0.3 is 5.11 Å². The van der Waals surface area contributed by atoms with E-state index in [9.17, 15) is 23.1 Å². The van der Waals surface area contributed by atoms with Gasteiger partial charge in [-0.1, -0.05) is 6.07 Å². The van der Waals surface area contributed by atoms with Crippen molar-refractivity contribution < 1.29 is 23.1 Å². The molecule has 2 aromatic heterocycles. The fraction of sp³-hybridized carbons (Fsp3) is 0.188. The van der Waals surface area contributed by atoms with Crippen LogP contribution in [-0.2, 0) is 6.18 Å². The molecular formula is C16H11ClF3N3O2S. The summed E-state index contributed by atoms with van der Waals surface area (Å²) in [6.07, 6.45) is -3.20. The molecule has 0 radical (unpaired) electrons. The molecule has 136 valence electrons. The lowest BCUT2D eigenvalue weighted by Gasteiger charge is -2.16. The Morgan fingerprint density at radius 3 is 2.69 bits per heavy atom. The van der Waals surface area contributed by atoms with Gasteiger partial charge in [-0.2, -0.15) is 13.2 Å². The second kappa shape index (κ2) is 6.73. The Balaban J connectivity index is 2.24. The van der Waals surface area contributed by atoms with E-state index in [0.717, 1.165) is 23.5 Å². The van der Waals surface area contributed by atoms with Gasteiger partial charge in [0.05, 0.1) is 22.2 Å². The monoisotopic (exact) mass is 401 g/mol. The first-order valence-corrected chi connectivity index (χ1v) is 8.59. The Kier molecular flexibility index (Phi) is 4.76. The molecule has 0 fully saturated rings. The number of benzene rings is 1. The third-order valence-corrected chi connectivity index (χ3v) is 4.47. The van der Waals surface area contributed by atoms with Crippen molar-refractivity contribution in [2.24, 2.45) is 0 Å². The van der Waals surface area contributed by atoms with Crippen LogP contribution in [0, 0.1) is 0 Å². The largest absolute Gasteiger partial charge is 0.506 e. The van der Waals surface area contributed by atoms with E-state index < -0.39 is 34.3 Å². The smallest absolute Gasteiger partial charge is 0.418 e. The highest BCUT2D eigenvalue weighted by atomic mass is 35.5. The molecule has 1 amide bonds. The van der Waals surface area contributed by atoms with E-state index in [0.29, 0.717) is 0 Å². The summed E-state index contributed by atoms with van der Waals surface area (Å²) < 4.78 is 39.8. The van der Waals surface area contributed by atoms with Gasteiger partial charge in [-0.25, -0.2) is 9.97 Å². The minimum Gasteiger partial charge on any atom is -0.506 e. The molecule has 10 heteroatoms. The summed E-state index contributed by atoms with van der Waals surface area (Å²) in [4.78, 5) is 20.4. The predicted octanol–water partition coefficient (Wildman–Crippen LogP) is 4.97. The Hall–Kier alpha value is -2.39. The Morgan fingerprint density at radius 2 is 2.12 bits per heavy atom. The normalized spacial score (nSPS) is 13.0. The van der Waals surface area contributed by atoms with Crippen LogP contribution in [0.3, 0.4) is 0 Å². The molecule has 1 unspecified atom stereocenters. The zero-order valence-corrected chi connectivity index (χ0v) is 14.7. The van der Waals surface area contributed by atoms with Gasteiger partial charge in [0.15, 0.2) is 5.13 Å². The third-order valence-electron chi connectivity index (χ3n) is 3.58. The molecule has 3 aromatic rings.